The molecule has 5 nitrogen and oxygen atoms in total. The van der Waals surface area contributed by atoms with Gasteiger partial charge in [-0.1, -0.05) is 0 Å². The minimum Gasteiger partial charge on any atom is -0.466 e. The molecule has 0 saturated heterocycles. The minimum absolute atomic E-state index is 0.191. The van der Waals surface area contributed by atoms with E-state index < -0.39 is 0 Å². The van der Waals surface area contributed by atoms with Crippen LogP contribution in [0.15, 0.2) is 18.5 Å². The van der Waals surface area contributed by atoms with Crippen molar-refractivity contribution in [1.82, 2.24) is 14.6 Å². The third-order valence-corrected chi connectivity index (χ3v) is 2.24. The van der Waals surface area contributed by atoms with Gasteiger partial charge >= 0.3 is 5.97 Å². The number of carbonyl (C=O) groups is 1. The van der Waals surface area contributed by atoms with Gasteiger partial charge in [-0.25, -0.2) is 9.50 Å². The Morgan fingerprint density at radius 3 is 3.06 bits per heavy atom. The number of aryl methyl sites for hydroxylation is 1. The molecule has 0 aliphatic rings. The molecule has 84 valence electrons. The Kier molecular flexibility index (Phi) is 2.85. The summed E-state index contributed by atoms with van der Waals surface area (Å²) in [5.41, 5.74) is 2.49. The maximum absolute atomic E-state index is 11.3. The molecule has 0 spiro atoms. The minimum atomic E-state index is -0.261. The highest BCUT2D eigenvalue weighted by Gasteiger charge is 2.09. The predicted molar refractivity (Wildman–Crippen MR) is 58.1 cm³/mol. The van der Waals surface area contributed by atoms with Crippen molar-refractivity contribution in [3.63, 3.8) is 0 Å². The lowest BCUT2D eigenvalue weighted by atomic mass is 10.3. The number of carbonyl (C=O) groups excluding carboxylic acids is 1. The van der Waals surface area contributed by atoms with E-state index >= 15 is 0 Å². The SMILES string of the molecule is CCOC(=O)Cc1cn2nccc(C)c2n1. The summed E-state index contributed by atoms with van der Waals surface area (Å²) in [6.07, 6.45) is 3.65. The summed E-state index contributed by atoms with van der Waals surface area (Å²) < 4.78 is 6.53. The maximum Gasteiger partial charge on any atom is 0.311 e. The Bertz CT molecular complexity index is 519. The zero-order valence-corrected chi connectivity index (χ0v) is 9.30. The third kappa shape index (κ3) is 2.03. The molecule has 0 radical (unpaired) electrons. The second kappa shape index (κ2) is 4.30. The predicted octanol–water partition coefficient (Wildman–Crippen LogP) is 1.14. The molecule has 2 heterocycles. The van der Waals surface area contributed by atoms with Crippen molar-refractivity contribution in [3.8, 4) is 0 Å². The topological polar surface area (TPSA) is 56.5 Å². The van der Waals surface area contributed by atoms with Crippen molar-refractivity contribution in [2.24, 2.45) is 0 Å². The number of esters is 1. The van der Waals surface area contributed by atoms with Crippen LogP contribution in [0, 0.1) is 6.92 Å². The van der Waals surface area contributed by atoms with Gasteiger partial charge in [0.1, 0.15) is 0 Å². The zero-order chi connectivity index (χ0) is 11.5. The summed E-state index contributed by atoms with van der Waals surface area (Å²) in [5.74, 6) is -0.261. The Morgan fingerprint density at radius 2 is 2.38 bits per heavy atom. The fraction of sp³-hybridized carbons (Fsp3) is 0.364. The van der Waals surface area contributed by atoms with Gasteiger partial charge in [0.15, 0.2) is 5.65 Å². The van der Waals surface area contributed by atoms with Crippen LogP contribution in [0.3, 0.4) is 0 Å². The molecule has 0 atom stereocenters. The first-order chi connectivity index (χ1) is 7.70. The molecule has 0 saturated carbocycles. The van der Waals surface area contributed by atoms with E-state index in [2.05, 4.69) is 10.1 Å². The Morgan fingerprint density at radius 1 is 1.56 bits per heavy atom. The number of nitrogens with zero attached hydrogens (tertiary/aromatic N) is 3. The third-order valence-electron chi connectivity index (χ3n) is 2.24. The van der Waals surface area contributed by atoms with Crippen molar-refractivity contribution >= 4 is 11.6 Å². The maximum atomic E-state index is 11.3. The summed E-state index contributed by atoms with van der Waals surface area (Å²) in [7, 11) is 0. The Balaban J connectivity index is 2.26. The average molecular weight is 219 g/mol. The molecule has 0 aliphatic heterocycles. The van der Waals surface area contributed by atoms with Crippen LogP contribution in [0.25, 0.3) is 5.65 Å². The van der Waals surface area contributed by atoms with Crippen molar-refractivity contribution in [1.29, 1.82) is 0 Å². The summed E-state index contributed by atoms with van der Waals surface area (Å²) in [6.45, 7) is 4.13. The molecule has 2 rings (SSSR count). The van der Waals surface area contributed by atoms with Gasteiger partial charge in [-0.3, -0.25) is 4.79 Å². The van der Waals surface area contributed by atoms with E-state index in [-0.39, 0.29) is 12.4 Å². The van der Waals surface area contributed by atoms with Gasteiger partial charge in [-0.2, -0.15) is 5.10 Å². The lowest BCUT2D eigenvalue weighted by Gasteiger charge is -1.97. The number of hydrogen-bond donors (Lipinski definition) is 0. The summed E-state index contributed by atoms with van der Waals surface area (Å²) in [6, 6.07) is 1.89. The number of ether oxygens (including phenoxy) is 1. The molecule has 2 aromatic heterocycles. The zero-order valence-electron chi connectivity index (χ0n) is 9.30. The monoisotopic (exact) mass is 219 g/mol. The van der Waals surface area contributed by atoms with Crippen LogP contribution in [-0.4, -0.2) is 27.2 Å². The molecule has 0 fully saturated rings. The number of fused-ring (bicyclic) bond motifs is 1. The molecular weight excluding hydrogens is 206 g/mol. The molecule has 5 heteroatoms. The van der Waals surface area contributed by atoms with Gasteiger partial charge in [0.25, 0.3) is 0 Å². The van der Waals surface area contributed by atoms with Gasteiger partial charge in [0, 0.05) is 6.20 Å². The quantitative estimate of drug-likeness (QED) is 0.726. The van der Waals surface area contributed by atoms with Gasteiger partial charge in [0.05, 0.1) is 24.9 Å². The van der Waals surface area contributed by atoms with Crippen LogP contribution in [0.2, 0.25) is 0 Å². The first kappa shape index (κ1) is 10.6. The lowest BCUT2D eigenvalue weighted by molar-refractivity contribution is -0.142. The van der Waals surface area contributed by atoms with E-state index in [9.17, 15) is 4.79 Å². The Hall–Kier alpha value is -1.91. The number of imidazole rings is 1. The van der Waals surface area contributed by atoms with Crippen LogP contribution in [0.4, 0.5) is 0 Å². The second-order valence-electron chi connectivity index (χ2n) is 3.50. The van der Waals surface area contributed by atoms with Crippen LogP contribution < -0.4 is 0 Å². The lowest BCUT2D eigenvalue weighted by Crippen LogP contribution is -2.07. The van der Waals surface area contributed by atoms with Gasteiger partial charge in [-0.05, 0) is 25.5 Å². The molecule has 0 bridgehead atoms. The summed E-state index contributed by atoms with van der Waals surface area (Å²) in [5, 5.41) is 4.12. The molecule has 2 aromatic rings. The van der Waals surface area contributed by atoms with Crippen molar-refractivity contribution in [3.05, 3.63) is 29.7 Å². The molecule has 0 aromatic carbocycles. The first-order valence-electron chi connectivity index (χ1n) is 5.16. The smallest absolute Gasteiger partial charge is 0.311 e. The van der Waals surface area contributed by atoms with Crippen LogP contribution in [-0.2, 0) is 16.0 Å². The number of aromatic nitrogens is 3. The fourth-order valence-corrected chi connectivity index (χ4v) is 1.51. The van der Waals surface area contributed by atoms with Crippen molar-refractivity contribution < 1.29 is 9.53 Å². The molecular formula is C11H13N3O2. The highest BCUT2D eigenvalue weighted by atomic mass is 16.5. The molecule has 0 amide bonds. The van der Waals surface area contributed by atoms with Crippen molar-refractivity contribution in [2.45, 2.75) is 20.3 Å². The largest absolute Gasteiger partial charge is 0.466 e. The number of hydrogen-bond acceptors (Lipinski definition) is 4. The highest BCUT2D eigenvalue weighted by molar-refractivity contribution is 5.72. The van der Waals surface area contributed by atoms with E-state index in [4.69, 9.17) is 4.74 Å². The van der Waals surface area contributed by atoms with Gasteiger partial charge in [-0.15, -0.1) is 0 Å². The molecule has 0 unspecified atom stereocenters. The average Bonchev–Trinajstić information content (AvgIpc) is 2.62. The van der Waals surface area contributed by atoms with Crippen LogP contribution >= 0.6 is 0 Å². The Labute approximate surface area is 93.1 Å². The fourth-order valence-electron chi connectivity index (χ4n) is 1.51. The molecule has 0 aliphatic carbocycles. The normalized spacial score (nSPS) is 10.6. The standard InChI is InChI=1S/C11H13N3O2/c1-3-16-10(15)6-9-7-14-11(13-9)8(2)4-5-12-14/h4-5,7H,3,6H2,1-2H3. The van der Waals surface area contributed by atoms with Gasteiger partial charge < -0.3 is 4.74 Å². The summed E-state index contributed by atoms with van der Waals surface area (Å²) >= 11 is 0. The summed E-state index contributed by atoms with van der Waals surface area (Å²) in [4.78, 5) is 15.6. The molecule has 0 N–H and O–H groups in total. The first-order valence-corrected chi connectivity index (χ1v) is 5.16. The molecule has 16 heavy (non-hydrogen) atoms. The number of rotatable bonds is 3. The van der Waals surface area contributed by atoms with Crippen LogP contribution in [0.1, 0.15) is 18.2 Å². The van der Waals surface area contributed by atoms with E-state index in [1.807, 2.05) is 13.0 Å². The van der Waals surface area contributed by atoms with E-state index in [0.717, 1.165) is 11.2 Å². The van der Waals surface area contributed by atoms with Gasteiger partial charge in [0.2, 0.25) is 0 Å². The van der Waals surface area contributed by atoms with E-state index in [1.165, 1.54) is 0 Å². The highest BCUT2D eigenvalue weighted by Crippen LogP contribution is 2.08. The second-order valence-corrected chi connectivity index (χ2v) is 3.50. The van der Waals surface area contributed by atoms with Crippen LogP contribution in [0.5, 0.6) is 0 Å². The van der Waals surface area contributed by atoms with E-state index in [1.54, 1.807) is 23.8 Å². The van der Waals surface area contributed by atoms with Crippen molar-refractivity contribution in [2.75, 3.05) is 6.61 Å². The van der Waals surface area contributed by atoms with E-state index in [0.29, 0.717) is 12.3 Å².